The molecule has 0 spiro atoms. The van der Waals surface area contributed by atoms with Gasteiger partial charge in [-0.2, -0.15) is 5.10 Å². The highest BCUT2D eigenvalue weighted by atomic mass is 32.1. The minimum Gasteiger partial charge on any atom is -0.317 e. The molecule has 0 atom stereocenters. The number of rotatable bonds is 4. The van der Waals surface area contributed by atoms with Gasteiger partial charge in [-0.1, -0.05) is 18.2 Å². The van der Waals surface area contributed by atoms with Crippen molar-refractivity contribution in [1.82, 2.24) is 20.1 Å². The number of carbonyl (C=O) groups is 1. The van der Waals surface area contributed by atoms with Crippen LogP contribution in [0.3, 0.4) is 0 Å². The van der Waals surface area contributed by atoms with Crippen molar-refractivity contribution >= 4 is 22.4 Å². The van der Waals surface area contributed by atoms with Gasteiger partial charge in [-0.15, -0.1) is 11.3 Å². The van der Waals surface area contributed by atoms with E-state index in [1.807, 2.05) is 36.5 Å². The van der Waals surface area contributed by atoms with Crippen molar-refractivity contribution in [2.45, 2.75) is 25.7 Å². The zero-order chi connectivity index (χ0) is 19.5. The van der Waals surface area contributed by atoms with Crippen LogP contribution in [0.25, 0.3) is 5.69 Å². The average molecular weight is 395 g/mol. The number of nitrogens with zero attached hydrogens (tertiary/aromatic N) is 3. The Bertz CT molecular complexity index is 1040. The largest absolute Gasteiger partial charge is 0.317 e. The number of anilines is 1. The Kier molecular flexibility index (Phi) is 5.31. The normalized spacial score (nSPS) is 14.8. The molecule has 4 rings (SSSR count). The third-order valence-electron chi connectivity index (χ3n) is 4.81. The molecule has 1 aliphatic heterocycles. The Hall–Kier alpha value is -2.84. The van der Waals surface area contributed by atoms with Gasteiger partial charge in [-0.05, 0) is 50.9 Å². The number of carbonyl (C=O) groups excluding carboxylic acids is 1. The molecule has 28 heavy (non-hydrogen) atoms. The van der Waals surface area contributed by atoms with Gasteiger partial charge in [0.25, 0.3) is 5.91 Å². The topological polar surface area (TPSA) is 88.9 Å². The lowest BCUT2D eigenvalue weighted by Crippen LogP contribution is -2.26. The lowest BCUT2D eigenvalue weighted by atomic mass is 9.97. The van der Waals surface area contributed by atoms with Crippen molar-refractivity contribution < 1.29 is 4.79 Å². The van der Waals surface area contributed by atoms with E-state index in [1.54, 1.807) is 11.6 Å². The van der Waals surface area contributed by atoms with Crippen molar-refractivity contribution in [2.24, 2.45) is 0 Å². The SMILES string of the molecule is Cc1cc(=O)c(C(=O)Nc2ncc(C3CCNCC3)s2)nn1-c1ccccc1. The summed E-state index contributed by atoms with van der Waals surface area (Å²) in [6, 6.07) is 10.8. The zero-order valence-electron chi connectivity index (χ0n) is 15.5. The first-order valence-corrected chi connectivity index (χ1v) is 10.1. The van der Waals surface area contributed by atoms with Gasteiger partial charge in [0, 0.05) is 22.8 Å². The first-order valence-electron chi connectivity index (χ1n) is 9.26. The van der Waals surface area contributed by atoms with E-state index in [2.05, 4.69) is 20.7 Å². The lowest BCUT2D eigenvalue weighted by molar-refractivity contribution is 0.101. The molecule has 2 N–H and O–H groups in total. The maximum absolute atomic E-state index is 12.7. The van der Waals surface area contributed by atoms with Gasteiger partial charge >= 0.3 is 0 Å². The number of amides is 1. The fraction of sp³-hybridized carbons (Fsp3) is 0.300. The average Bonchev–Trinajstić information content (AvgIpc) is 3.18. The molecule has 3 aromatic rings. The molecule has 8 heteroatoms. The maximum atomic E-state index is 12.7. The van der Waals surface area contributed by atoms with Gasteiger partial charge in [0.05, 0.1) is 5.69 Å². The van der Waals surface area contributed by atoms with Crippen LogP contribution in [-0.4, -0.2) is 33.8 Å². The van der Waals surface area contributed by atoms with Crippen molar-refractivity contribution in [3.05, 3.63) is 69.1 Å². The molecule has 3 heterocycles. The molecule has 0 bridgehead atoms. The highest BCUT2D eigenvalue weighted by molar-refractivity contribution is 7.15. The van der Waals surface area contributed by atoms with Crippen LogP contribution in [0.4, 0.5) is 5.13 Å². The van der Waals surface area contributed by atoms with Gasteiger partial charge in [0.2, 0.25) is 5.43 Å². The number of aryl methyl sites for hydroxylation is 1. The van der Waals surface area contributed by atoms with E-state index < -0.39 is 11.3 Å². The predicted octanol–water partition coefficient (Wildman–Crippen LogP) is 2.72. The van der Waals surface area contributed by atoms with Gasteiger partial charge < -0.3 is 5.32 Å². The van der Waals surface area contributed by atoms with Crippen LogP contribution >= 0.6 is 11.3 Å². The van der Waals surface area contributed by atoms with Crippen molar-refractivity contribution in [1.29, 1.82) is 0 Å². The molecule has 1 amide bonds. The summed E-state index contributed by atoms with van der Waals surface area (Å²) in [5, 5.41) is 10.9. The predicted molar refractivity (Wildman–Crippen MR) is 109 cm³/mol. The van der Waals surface area contributed by atoms with Crippen molar-refractivity contribution in [3.8, 4) is 5.69 Å². The molecule has 0 saturated carbocycles. The first-order chi connectivity index (χ1) is 13.6. The number of benzene rings is 1. The molecule has 0 radical (unpaired) electrons. The standard InChI is InChI=1S/C20H21N5O2S/c1-13-11-16(26)18(24-25(13)15-5-3-2-4-6-15)19(27)23-20-22-12-17(28-20)14-7-9-21-10-8-14/h2-6,11-12,14,21H,7-10H2,1H3,(H,22,23,27). The molecular weight excluding hydrogens is 374 g/mol. The first kappa shape index (κ1) is 18.5. The summed E-state index contributed by atoms with van der Waals surface area (Å²) in [6.45, 7) is 3.78. The second kappa shape index (κ2) is 8.04. The van der Waals surface area contributed by atoms with E-state index >= 15 is 0 Å². The van der Waals surface area contributed by atoms with E-state index in [0.29, 0.717) is 16.7 Å². The molecule has 2 aromatic heterocycles. The van der Waals surface area contributed by atoms with Crippen LogP contribution in [-0.2, 0) is 0 Å². The Morgan fingerprint density at radius 2 is 2.00 bits per heavy atom. The van der Waals surface area contributed by atoms with Crippen LogP contribution in [0, 0.1) is 6.92 Å². The molecule has 1 fully saturated rings. The van der Waals surface area contributed by atoms with Crippen molar-refractivity contribution in [3.63, 3.8) is 0 Å². The van der Waals surface area contributed by atoms with E-state index in [9.17, 15) is 9.59 Å². The highest BCUT2D eigenvalue weighted by Gasteiger charge is 2.20. The number of piperidine rings is 1. The minimum atomic E-state index is -0.541. The van der Waals surface area contributed by atoms with Gasteiger partial charge in [0.15, 0.2) is 10.8 Å². The smallest absolute Gasteiger partial charge is 0.281 e. The number of nitrogens with one attached hydrogen (secondary N) is 2. The van der Waals surface area contributed by atoms with E-state index in [0.717, 1.165) is 36.5 Å². The summed E-state index contributed by atoms with van der Waals surface area (Å²) in [5.74, 6) is -0.0712. The maximum Gasteiger partial charge on any atom is 0.281 e. The number of aromatic nitrogens is 3. The van der Waals surface area contributed by atoms with E-state index in [1.165, 1.54) is 17.4 Å². The van der Waals surface area contributed by atoms with Crippen LogP contribution in [0.2, 0.25) is 0 Å². The second-order valence-electron chi connectivity index (χ2n) is 6.79. The molecule has 1 aliphatic rings. The Morgan fingerprint density at radius 3 is 2.75 bits per heavy atom. The fourth-order valence-electron chi connectivity index (χ4n) is 3.33. The molecule has 1 saturated heterocycles. The molecule has 7 nitrogen and oxygen atoms in total. The number of thiazole rings is 1. The van der Waals surface area contributed by atoms with E-state index in [-0.39, 0.29) is 5.69 Å². The lowest BCUT2D eigenvalue weighted by Gasteiger charge is -2.20. The monoisotopic (exact) mass is 395 g/mol. The van der Waals surface area contributed by atoms with Gasteiger partial charge in [-0.3, -0.25) is 14.9 Å². The Labute approximate surface area is 166 Å². The Morgan fingerprint density at radius 1 is 1.25 bits per heavy atom. The minimum absolute atomic E-state index is 0.145. The molecular formula is C20H21N5O2S. The number of hydrogen-bond acceptors (Lipinski definition) is 6. The van der Waals surface area contributed by atoms with E-state index in [4.69, 9.17) is 0 Å². The summed E-state index contributed by atoms with van der Waals surface area (Å²) in [6.07, 6.45) is 3.95. The zero-order valence-corrected chi connectivity index (χ0v) is 16.3. The summed E-state index contributed by atoms with van der Waals surface area (Å²) in [7, 11) is 0. The van der Waals surface area contributed by atoms with Gasteiger partial charge in [-0.25, -0.2) is 9.67 Å². The van der Waals surface area contributed by atoms with Crippen LogP contribution in [0.5, 0.6) is 0 Å². The highest BCUT2D eigenvalue weighted by Crippen LogP contribution is 2.31. The number of para-hydroxylation sites is 1. The molecule has 0 aliphatic carbocycles. The molecule has 0 unspecified atom stereocenters. The fourth-order valence-corrected chi connectivity index (χ4v) is 4.31. The van der Waals surface area contributed by atoms with Crippen LogP contribution < -0.4 is 16.1 Å². The summed E-state index contributed by atoms with van der Waals surface area (Å²) in [5.41, 5.74) is 0.900. The van der Waals surface area contributed by atoms with Gasteiger partial charge in [0.1, 0.15) is 0 Å². The van der Waals surface area contributed by atoms with Crippen LogP contribution in [0.15, 0.2) is 47.4 Å². The third-order valence-corrected chi connectivity index (χ3v) is 5.88. The third kappa shape index (κ3) is 3.88. The Balaban J connectivity index is 1.57. The number of hydrogen-bond donors (Lipinski definition) is 2. The summed E-state index contributed by atoms with van der Waals surface area (Å²) >= 11 is 1.46. The second-order valence-corrected chi connectivity index (χ2v) is 7.85. The molecule has 144 valence electrons. The summed E-state index contributed by atoms with van der Waals surface area (Å²) in [4.78, 5) is 30.5. The molecule has 1 aromatic carbocycles. The quantitative estimate of drug-likeness (QED) is 0.709. The van der Waals surface area contributed by atoms with Crippen molar-refractivity contribution in [2.75, 3.05) is 18.4 Å². The summed E-state index contributed by atoms with van der Waals surface area (Å²) < 4.78 is 1.60. The van der Waals surface area contributed by atoms with Crippen LogP contribution in [0.1, 0.15) is 39.8 Å².